The molecule has 1 fully saturated rings. The fourth-order valence-electron chi connectivity index (χ4n) is 2.80. The molecule has 23 heavy (non-hydrogen) atoms. The van der Waals surface area contributed by atoms with E-state index in [1.165, 1.54) is 0 Å². The highest BCUT2D eigenvalue weighted by Gasteiger charge is 2.26. The van der Waals surface area contributed by atoms with Crippen molar-refractivity contribution < 1.29 is 14.3 Å². The van der Waals surface area contributed by atoms with Crippen molar-refractivity contribution in [3.63, 3.8) is 0 Å². The third kappa shape index (κ3) is 7.99. The molecule has 0 saturated carbocycles. The largest absolute Gasteiger partial charge is 0.383 e. The number of carbonyl (C=O) groups excluding carboxylic acids is 2. The first kappa shape index (κ1) is 22.1. The van der Waals surface area contributed by atoms with Crippen LogP contribution in [0.15, 0.2) is 0 Å². The molecule has 0 aliphatic carbocycles. The van der Waals surface area contributed by atoms with Gasteiger partial charge < -0.3 is 20.3 Å². The van der Waals surface area contributed by atoms with Crippen molar-refractivity contribution in [2.75, 3.05) is 39.9 Å². The van der Waals surface area contributed by atoms with Gasteiger partial charge in [0.25, 0.3) is 0 Å². The SMILES string of the molecule is CCC(CC)C(=O)N1CCC(NC(=O)CNCCOC)CC1.Cl. The summed E-state index contributed by atoms with van der Waals surface area (Å²) in [7, 11) is 1.64. The number of amides is 2. The topological polar surface area (TPSA) is 70.7 Å². The molecule has 0 aromatic carbocycles. The predicted molar refractivity (Wildman–Crippen MR) is 93.8 cm³/mol. The molecule has 0 bridgehead atoms. The Kier molecular flexibility index (Phi) is 12.1. The van der Waals surface area contributed by atoms with E-state index in [0.717, 1.165) is 38.8 Å². The summed E-state index contributed by atoms with van der Waals surface area (Å²) in [5.41, 5.74) is 0. The first-order chi connectivity index (χ1) is 10.6. The molecule has 1 aliphatic heterocycles. The molecule has 136 valence electrons. The predicted octanol–water partition coefficient (Wildman–Crippen LogP) is 1.19. The number of hydrogen-bond acceptors (Lipinski definition) is 4. The molecule has 1 rings (SSSR count). The monoisotopic (exact) mass is 349 g/mol. The van der Waals surface area contributed by atoms with E-state index in [2.05, 4.69) is 24.5 Å². The number of piperidine rings is 1. The van der Waals surface area contributed by atoms with Crippen LogP contribution in [0.25, 0.3) is 0 Å². The molecule has 0 aromatic rings. The van der Waals surface area contributed by atoms with Crippen LogP contribution in [-0.2, 0) is 14.3 Å². The molecule has 1 aliphatic rings. The molecule has 0 unspecified atom stereocenters. The van der Waals surface area contributed by atoms with Crippen LogP contribution in [0.5, 0.6) is 0 Å². The Morgan fingerprint density at radius 2 is 1.83 bits per heavy atom. The second-order valence-corrected chi connectivity index (χ2v) is 5.85. The average Bonchev–Trinajstić information content (AvgIpc) is 2.53. The van der Waals surface area contributed by atoms with Gasteiger partial charge in [-0.2, -0.15) is 0 Å². The number of rotatable bonds is 9. The summed E-state index contributed by atoms with van der Waals surface area (Å²) in [6, 6.07) is 0.183. The Bertz CT molecular complexity index is 343. The Morgan fingerprint density at radius 3 is 2.35 bits per heavy atom. The average molecular weight is 350 g/mol. The third-order valence-electron chi connectivity index (χ3n) is 4.28. The zero-order valence-corrected chi connectivity index (χ0v) is 15.4. The maximum Gasteiger partial charge on any atom is 0.234 e. The van der Waals surface area contributed by atoms with Crippen LogP contribution >= 0.6 is 12.4 Å². The molecule has 1 saturated heterocycles. The first-order valence-electron chi connectivity index (χ1n) is 8.40. The summed E-state index contributed by atoms with van der Waals surface area (Å²) in [5.74, 6) is 0.438. The number of ether oxygens (including phenoxy) is 1. The Labute approximate surface area is 146 Å². The summed E-state index contributed by atoms with van der Waals surface area (Å²) < 4.78 is 4.91. The van der Waals surface area contributed by atoms with E-state index >= 15 is 0 Å². The van der Waals surface area contributed by atoms with Crippen LogP contribution in [0.3, 0.4) is 0 Å². The molecule has 7 heteroatoms. The van der Waals surface area contributed by atoms with Gasteiger partial charge in [-0.15, -0.1) is 12.4 Å². The lowest BCUT2D eigenvalue weighted by Crippen LogP contribution is -2.49. The molecule has 1 heterocycles. The fourth-order valence-corrected chi connectivity index (χ4v) is 2.80. The van der Waals surface area contributed by atoms with Crippen molar-refractivity contribution in [2.45, 2.75) is 45.6 Å². The van der Waals surface area contributed by atoms with E-state index < -0.39 is 0 Å². The van der Waals surface area contributed by atoms with Gasteiger partial charge >= 0.3 is 0 Å². The lowest BCUT2D eigenvalue weighted by Gasteiger charge is -2.34. The van der Waals surface area contributed by atoms with Crippen LogP contribution in [0.4, 0.5) is 0 Å². The summed E-state index contributed by atoms with van der Waals surface area (Å²) >= 11 is 0. The van der Waals surface area contributed by atoms with E-state index in [0.29, 0.717) is 19.7 Å². The number of nitrogens with zero attached hydrogens (tertiary/aromatic N) is 1. The minimum Gasteiger partial charge on any atom is -0.383 e. The highest BCUT2D eigenvalue weighted by molar-refractivity contribution is 5.85. The number of halogens is 1. The molecule has 2 N–H and O–H groups in total. The van der Waals surface area contributed by atoms with E-state index in [4.69, 9.17) is 4.74 Å². The Morgan fingerprint density at radius 1 is 1.22 bits per heavy atom. The highest BCUT2D eigenvalue weighted by Crippen LogP contribution is 2.17. The Hall–Kier alpha value is -0.850. The van der Waals surface area contributed by atoms with Crippen molar-refractivity contribution in [3.05, 3.63) is 0 Å². The number of carbonyl (C=O) groups is 2. The van der Waals surface area contributed by atoms with E-state index in [-0.39, 0.29) is 36.2 Å². The summed E-state index contributed by atoms with van der Waals surface area (Å²) in [4.78, 5) is 26.1. The molecular formula is C16H32ClN3O3. The number of hydrogen-bond donors (Lipinski definition) is 2. The molecule has 0 aromatic heterocycles. The number of nitrogens with one attached hydrogen (secondary N) is 2. The van der Waals surface area contributed by atoms with Gasteiger partial charge in [0, 0.05) is 38.7 Å². The summed E-state index contributed by atoms with van der Waals surface area (Å²) in [6.07, 6.45) is 3.49. The smallest absolute Gasteiger partial charge is 0.234 e. The van der Waals surface area contributed by atoms with Crippen molar-refractivity contribution in [2.24, 2.45) is 5.92 Å². The lowest BCUT2D eigenvalue weighted by atomic mass is 9.98. The normalized spacial score (nSPS) is 15.4. The van der Waals surface area contributed by atoms with Gasteiger partial charge in [0.05, 0.1) is 13.2 Å². The van der Waals surface area contributed by atoms with Crippen LogP contribution in [0.1, 0.15) is 39.5 Å². The molecule has 0 atom stereocenters. The van der Waals surface area contributed by atoms with Crippen LogP contribution < -0.4 is 10.6 Å². The van der Waals surface area contributed by atoms with Gasteiger partial charge in [0.1, 0.15) is 0 Å². The van der Waals surface area contributed by atoms with Crippen molar-refractivity contribution >= 4 is 24.2 Å². The number of methoxy groups -OCH3 is 1. The lowest BCUT2D eigenvalue weighted by molar-refractivity contribution is -0.137. The van der Waals surface area contributed by atoms with Crippen molar-refractivity contribution in [1.82, 2.24) is 15.5 Å². The molecule has 0 spiro atoms. The second-order valence-electron chi connectivity index (χ2n) is 5.85. The third-order valence-corrected chi connectivity index (χ3v) is 4.28. The van der Waals surface area contributed by atoms with E-state index in [9.17, 15) is 9.59 Å². The minimum atomic E-state index is 0. The summed E-state index contributed by atoms with van der Waals surface area (Å²) in [6.45, 7) is 7.21. The first-order valence-corrected chi connectivity index (χ1v) is 8.40. The van der Waals surface area contributed by atoms with Gasteiger partial charge in [0.15, 0.2) is 0 Å². The zero-order valence-electron chi connectivity index (χ0n) is 14.6. The van der Waals surface area contributed by atoms with Gasteiger partial charge in [0.2, 0.25) is 11.8 Å². The maximum atomic E-state index is 12.3. The second kappa shape index (κ2) is 12.6. The van der Waals surface area contributed by atoms with E-state index in [1.807, 2.05) is 4.90 Å². The van der Waals surface area contributed by atoms with Gasteiger partial charge in [-0.05, 0) is 25.7 Å². The van der Waals surface area contributed by atoms with Gasteiger partial charge in [-0.25, -0.2) is 0 Å². The highest BCUT2D eigenvalue weighted by atomic mass is 35.5. The summed E-state index contributed by atoms with van der Waals surface area (Å²) in [5, 5.41) is 6.06. The molecule has 2 amide bonds. The molecular weight excluding hydrogens is 318 g/mol. The van der Waals surface area contributed by atoms with Gasteiger partial charge in [-0.3, -0.25) is 9.59 Å². The molecule has 0 radical (unpaired) electrons. The number of likely N-dealkylation sites (tertiary alicyclic amines) is 1. The van der Waals surface area contributed by atoms with Gasteiger partial charge in [-0.1, -0.05) is 13.8 Å². The van der Waals surface area contributed by atoms with E-state index in [1.54, 1.807) is 7.11 Å². The van der Waals surface area contributed by atoms with Crippen molar-refractivity contribution in [1.29, 1.82) is 0 Å². The van der Waals surface area contributed by atoms with Crippen LogP contribution in [0, 0.1) is 5.92 Å². The van der Waals surface area contributed by atoms with Crippen LogP contribution in [-0.4, -0.2) is 62.7 Å². The fraction of sp³-hybridized carbons (Fsp3) is 0.875. The van der Waals surface area contributed by atoms with Crippen LogP contribution in [0.2, 0.25) is 0 Å². The molecule has 6 nitrogen and oxygen atoms in total. The quantitative estimate of drug-likeness (QED) is 0.613. The zero-order chi connectivity index (χ0) is 16.4. The maximum absolute atomic E-state index is 12.3. The Balaban J connectivity index is 0.00000484. The van der Waals surface area contributed by atoms with Crippen molar-refractivity contribution in [3.8, 4) is 0 Å². The standard InChI is InChI=1S/C16H31N3O3.ClH/c1-4-13(5-2)16(21)19-9-6-14(7-10-19)18-15(20)12-17-8-11-22-3;/h13-14,17H,4-12H2,1-3H3,(H,18,20);1H. The minimum absolute atomic E-state index is 0.